The van der Waals surface area contributed by atoms with Gasteiger partial charge in [0, 0.05) is 24.1 Å². The van der Waals surface area contributed by atoms with Gasteiger partial charge in [-0.05, 0) is 38.1 Å². The third kappa shape index (κ3) is 4.24. The van der Waals surface area contributed by atoms with Gasteiger partial charge in [0.1, 0.15) is 12.4 Å². The van der Waals surface area contributed by atoms with E-state index in [-0.39, 0.29) is 0 Å². The number of ether oxygens (including phenoxy) is 1. The van der Waals surface area contributed by atoms with Crippen LogP contribution in [-0.4, -0.2) is 16.6 Å². The Morgan fingerprint density at radius 1 is 1.30 bits per heavy atom. The Labute approximate surface area is 123 Å². The van der Waals surface area contributed by atoms with Gasteiger partial charge in [0.05, 0.1) is 5.02 Å². The van der Waals surface area contributed by atoms with Gasteiger partial charge in [0.2, 0.25) is 5.95 Å². The largest absolute Gasteiger partial charge is 0.488 e. The Bertz CT molecular complexity index is 595. The van der Waals surface area contributed by atoms with Crippen LogP contribution >= 0.6 is 11.6 Å². The van der Waals surface area contributed by atoms with Crippen LogP contribution in [0, 0.1) is 0 Å². The van der Waals surface area contributed by atoms with Crippen LogP contribution in [0.5, 0.6) is 5.75 Å². The maximum atomic E-state index is 6.11. The molecule has 1 aromatic heterocycles. The minimum absolute atomic E-state index is 0.493. The zero-order valence-corrected chi connectivity index (χ0v) is 12.2. The lowest BCUT2D eigenvalue weighted by molar-refractivity contribution is 0.362. The first kappa shape index (κ1) is 14.3. The summed E-state index contributed by atoms with van der Waals surface area (Å²) in [5, 5.41) is 3.67. The lowest BCUT2D eigenvalue weighted by atomic mass is 10.3. The van der Waals surface area contributed by atoms with Crippen LogP contribution in [0.15, 0.2) is 48.3 Å². The van der Waals surface area contributed by atoms with E-state index in [0.717, 1.165) is 5.69 Å². The fourth-order valence-corrected chi connectivity index (χ4v) is 1.65. The van der Waals surface area contributed by atoms with Gasteiger partial charge in [-0.2, -0.15) is 0 Å². The molecule has 0 bridgehead atoms. The molecule has 2 aromatic rings. The third-order valence-corrected chi connectivity index (χ3v) is 2.80. The molecular formula is C15H16ClN3O. The molecule has 1 heterocycles. The highest BCUT2D eigenvalue weighted by Crippen LogP contribution is 2.28. The molecule has 1 aromatic carbocycles. The average molecular weight is 290 g/mol. The first-order valence-electron chi connectivity index (χ1n) is 6.25. The van der Waals surface area contributed by atoms with Crippen LogP contribution in [0.2, 0.25) is 5.02 Å². The van der Waals surface area contributed by atoms with Crippen molar-refractivity contribution in [2.45, 2.75) is 13.8 Å². The molecule has 0 spiro atoms. The first-order valence-corrected chi connectivity index (χ1v) is 6.62. The summed E-state index contributed by atoms with van der Waals surface area (Å²) in [6.45, 7) is 4.54. The molecule has 104 valence electrons. The van der Waals surface area contributed by atoms with Crippen molar-refractivity contribution < 1.29 is 4.74 Å². The van der Waals surface area contributed by atoms with Gasteiger partial charge in [0.25, 0.3) is 0 Å². The van der Waals surface area contributed by atoms with Gasteiger partial charge in [-0.1, -0.05) is 17.2 Å². The predicted molar refractivity (Wildman–Crippen MR) is 81.7 cm³/mol. The van der Waals surface area contributed by atoms with Crippen molar-refractivity contribution >= 4 is 23.2 Å². The Morgan fingerprint density at radius 3 is 2.75 bits per heavy atom. The molecule has 5 heteroatoms. The summed E-state index contributed by atoms with van der Waals surface area (Å²) >= 11 is 6.11. The van der Waals surface area contributed by atoms with Crippen molar-refractivity contribution in [3.05, 3.63) is 53.3 Å². The number of halogens is 1. The number of hydrogen-bond donors (Lipinski definition) is 1. The fourth-order valence-electron chi connectivity index (χ4n) is 1.48. The number of nitrogens with one attached hydrogen (secondary N) is 1. The summed E-state index contributed by atoms with van der Waals surface area (Å²) in [4.78, 5) is 8.21. The van der Waals surface area contributed by atoms with Crippen LogP contribution < -0.4 is 10.1 Å². The standard InChI is InChI=1S/C15H16ClN3O/c1-11(2)6-9-20-14-10-12(4-5-13(14)16)19-15-17-7-3-8-18-15/h3-8,10H,9H2,1-2H3,(H,17,18,19). The molecule has 2 rings (SSSR count). The molecule has 0 saturated heterocycles. The second kappa shape index (κ2) is 6.91. The topological polar surface area (TPSA) is 47.0 Å². The van der Waals surface area contributed by atoms with E-state index in [4.69, 9.17) is 16.3 Å². The van der Waals surface area contributed by atoms with Crippen molar-refractivity contribution in [1.82, 2.24) is 9.97 Å². The Kier molecular flexibility index (Phi) is 4.96. The summed E-state index contributed by atoms with van der Waals surface area (Å²) < 4.78 is 5.64. The maximum absolute atomic E-state index is 6.11. The molecule has 4 nitrogen and oxygen atoms in total. The Morgan fingerprint density at radius 2 is 2.05 bits per heavy atom. The van der Waals surface area contributed by atoms with E-state index in [9.17, 15) is 0 Å². The number of aromatic nitrogens is 2. The highest BCUT2D eigenvalue weighted by Gasteiger charge is 2.04. The molecule has 0 fully saturated rings. The maximum Gasteiger partial charge on any atom is 0.227 e. The number of hydrogen-bond acceptors (Lipinski definition) is 4. The van der Waals surface area contributed by atoms with Gasteiger partial charge in [0.15, 0.2) is 0 Å². The SMILES string of the molecule is CC(C)=CCOc1cc(Nc2ncccn2)ccc1Cl. The van der Waals surface area contributed by atoms with Crippen molar-refractivity contribution in [3.63, 3.8) is 0 Å². The zero-order valence-electron chi connectivity index (χ0n) is 11.4. The van der Waals surface area contributed by atoms with Crippen molar-refractivity contribution in [3.8, 4) is 5.75 Å². The smallest absolute Gasteiger partial charge is 0.227 e. The van der Waals surface area contributed by atoms with Crippen molar-refractivity contribution in [2.24, 2.45) is 0 Å². The van der Waals surface area contributed by atoms with Crippen LogP contribution in [-0.2, 0) is 0 Å². The van der Waals surface area contributed by atoms with E-state index in [2.05, 4.69) is 15.3 Å². The van der Waals surface area contributed by atoms with E-state index in [1.54, 1.807) is 24.5 Å². The fraction of sp³-hybridized carbons (Fsp3) is 0.200. The van der Waals surface area contributed by atoms with E-state index in [0.29, 0.717) is 23.3 Å². The molecule has 0 amide bonds. The van der Waals surface area contributed by atoms with Crippen LogP contribution in [0.1, 0.15) is 13.8 Å². The van der Waals surface area contributed by atoms with Gasteiger partial charge in [-0.15, -0.1) is 0 Å². The molecule has 0 atom stereocenters. The lowest BCUT2D eigenvalue weighted by Gasteiger charge is -2.09. The van der Waals surface area contributed by atoms with E-state index in [1.807, 2.05) is 32.1 Å². The number of allylic oxidation sites excluding steroid dienone is 1. The molecule has 0 saturated carbocycles. The van der Waals surface area contributed by atoms with Gasteiger partial charge in [-0.25, -0.2) is 9.97 Å². The minimum atomic E-state index is 0.493. The highest BCUT2D eigenvalue weighted by atomic mass is 35.5. The molecule has 0 aliphatic rings. The lowest BCUT2D eigenvalue weighted by Crippen LogP contribution is -1.98. The second-order valence-corrected chi connectivity index (χ2v) is 4.84. The van der Waals surface area contributed by atoms with Crippen LogP contribution in [0.3, 0.4) is 0 Å². The molecule has 0 radical (unpaired) electrons. The number of nitrogens with zero attached hydrogens (tertiary/aromatic N) is 2. The van der Waals surface area contributed by atoms with Crippen molar-refractivity contribution in [1.29, 1.82) is 0 Å². The van der Waals surface area contributed by atoms with Crippen LogP contribution in [0.25, 0.3) is 0 Å². The van der Waals surface area contributed by atoms with E-state index < -0.39 is 0 Å². The van der Waals surface area contributed by atoms with Gasteiger partial charge in [-0.3, -0.25) is 0 Å². The van der Waals surface area contributed by atoms with E-state index in [1.165, 1.54) is 5.57 Å². The van der Waals surface area contributed by atoms with Gasteiger partial charge >= 0.3 is 0 Å². The average Bonchev–Trinajstić information content (AvgIpc) is 2.43. The predicted octanol–water partition coefficient (Wildman–Crippen LogP) is 4.22. The zero-order chi connectivity index (χ0) is 14.4. The second-order valence-electron chi connectivity index (χ2n) is 4.44. The summed E-state index contributed by atoms with van der Waals surface area (Å²) in [7, 11) is 0. The molecule has 1 N–H and O–H groups in total. The van der Waals surface area contributed by atoms with Gasteiger partial charge < -0.3 is 10.1 Å². The monoisotopic (exact) mass is 289 g/mol. The Hall–Kier alpha value is -2.07. The highest BCUT2D eigenvalue weighted by molar-refractivity contribution is 6.32. The third-order valence-electron chi connectivity index (χ3n) is 2.48. The minimum Gasteiger partial charge on any atom is -0.488 e. The number of benzene rings is 1. The van der Waals surface area contributed by atoms with Crippen LogP contribution in [0.4, 0.5) is 11.6 Å². The number of anilines is 2. The summed E-state index contributed by atoms with van der Waals surface area (Å²) in [5.41, 5.74) is 2.03. The molecule has 0 aliphatic carbocycles. The first-order chi connectivity index (χ1) is 9.65. The summed E-state index contributed by atoms with van der Waals surface area (Å²) in [6, 6.07) is 7.23. The van der Waals surface area contributed by atoms with E-state index >= 15 is 0 Å². The molecular weight excluding hydrogens is 274 g/mol. The Balaban J connectivity index is 2.10. The normalized spacial score (nSPS) is 9.95. The molecule has 0 aliphatic heterocycles. The number of rotatable bonds is 5. The summed E-state index contributed by atoms with van der Waals surface area (Å²) in [5.74, 6) is 1.16. The molecule has 0 unspecified atom stereocenters. The molecule has 20 heavy (non-hydrogen) atoms. The van der Waals surface area contributed by atoms with Crippen molar-refractivity contribution in [2.75, 3.05) is 11.9 Å². The quantitative estimate of drug-likeness (QED) is 0.837. The summed E-state index contributed by atoms with van der Waals surface area (Å²) in [6.07, 6.45) is 5.35.